The highest BCUT2D eigenvalue weighted by Crippen LogP contribution is 2.30. The topological polar surface area (TPSA) is 93.7 Å². The first kappa shape index (κ1) is 22.6. The summed E-state index contributed by atoms with van der Waals surface area (Å²) >= 11 is 0. The molecular weight excluding hydrogens is 336 g/mol. The Labute approximate surface area is 156 Å². The Balaban J connectivity index is 1.90. The van der Waals surface area contributed by atoms with Crippen molar-refractivity contribution < 1.29 is 23.9 Å². The summed E-state index contributed by atoms with van der Waals surface area (Å²) in [4.78, 5) is 34.9. The fourth-order valence-electron chi connectivity index (χ4n) is 2.68. The van der Waals surface area contributed by atoms with Crippen LogP contribution >= 0.6 is 0 Å². The van der Waals surface area contributed by atoms with E-state index < -0.39 is 0 Å². The Morgan fingerprint density at radius 3 is 2.12 bits per heavy atom. The second-order valence-electron chi connectivity index (χ2n) is 7.41. The first-order chi connectivity index (χ1) is 12.3. The van der Waals surface area contributed by atoms with Gasteiger partial charge in [-0.05, 0) is 12.8 Å². The normalized spacial score (nSPS) is 19.3. The van der Waals surface area contributed by atoms with E-state index in [1.807, 2.05) is 27.7 Å². The maximum Gasteiger partial charge on any atom is 0.222 e. The van der Waals surface area contributed by atoms with Crippen LogP contribution in [0.2, 0.25) is 0 Å². The van der Waals surface area contributed by atoms with Crippen LogP contribution < -0.4 is 10.6 Å². The molecule has 0 spiro atoms. The minimum atomic E-state index is -0.0391. The predicted molar refractivity (Wildman–Crippen MR) is 98.6 cm³/mol. The molecule has 1 fully saturated rings. The van der Waals surface area contributed by atoms with Crippen LogP contribution in [0.25, 0.3) is 0 Å². The van der Waals surface area contributed by atoms with E-state index in [1.165, 1.54) is 0 Å². The maximum absolute atomic E-state index is 11.8. The lowest BCUT2D eigenvalue weighted by atomic mass is 9.75. The van der Waals surface area contributed by atoms with E-state index in [9.17, 15) is 14.4 Å². The molecule has 26 heavy (non-hydrogen) atoms. The molecule has 0 heterocycles. The fraction of sp³-hybridized carbons (Fsp3) is 0.842. The van der Waals surface area contributed by atoms with Crippen LogP contribution in [0.5, 0.6) is 0 Å². The number of ketones is 1. The molecule has 1 aliphatic carbocycles. The van der Waals surface area contributed by atoms with Crippen molar-refractivity contribution in [3.05, 3.63) is 0 Å². The minimum Gasteiger partial charge on any atom is -0.379 e. The number of Topliss-reactive ketones (excluding diaryl/α,β-unsaturated/α-hetero) is 1. The number of carbonyl (C=O) groups excluding carboxylic acids is 3. The summed E-state index contributed by atoms with van der Waals surface area (Å²) in [7, 11) is 0. The second kappa shape index (κ2) is 12.0. The molecule has 0 aromatic carbocycles. The van der Waals surface area contributed by atoms with Gasteiger partial charge in [0, 0.05) is 36.8 Å². The number of amides is 2. The van der Waals surface area contributed by atoms with Crippen molar-refractivity contribution in [2.24, 2.45) is 17.8 Å². The minimum absolute atomic E-state index is 0.0159. The molecule has 0 aromatic heterocycles. The molecule has 2 amide bonds. The number of carbonyl (C=O) groups is 3. The van der Waals surface area contributed by atoms with Crippen molar-refractivity contribution in [2.75, 3.05) is 33.0 Å². The Bertz CT molecular complexity index is 459. The average molecular weight is 370 g/mol. The molecule has 0 aromatic rings. The van der Waals surface area contributed by atoms with Crippen molar-refractivity contribution in [1.82, 2.24) is 10.6 Å². The van der Waals surface area contributed by atoms with E-state index in [-0.39, 0.29) is 35.6 Å². The van der Waals surface area contributed by atoms with E-state index in [2.05, 4.69) is 10.6 Å². The zero-order valence-electron chi connectivity index (χ0n) is 16.5. The highest BCUT2D eigenvalue weighted by Gasteiger charge is 2.35. The van der Waals surface area contributed by atoms with Crippen molar-refractivity contribution in [3.8, 4) is 0 Å². The molecular formula is C19H34N2O5. The summed E-state index contributed by atoms with van der Waals surface area (Å²) in [5.41, 5.74) is 0. The largest absolute Gasteiger partial charge is 0.379 e. The van der Waals surface area contributed by atoms with Gasteiger partial charge in [0.1, 0.15) is 5.78 Å². The van der Waals surface area contributed by atoms with Crippen LogP contribution in [0.1, 0.15) is 47.0 Å². The van der Waals surface area contributed by atoms with Gasteiger partial charge in [-0.1, -0.05) is 27.7 Å². The maximum atomic E-state index is 11.8. The van der Waals surface area contributed by atoms with Gasteiger partial charge in [-0.2, -0.15) is 0 Å². The van der Waals surface area contributed by atoms with Crippen molar-refractivity contribution >= 4 is 17.6 Å². The van der Waals surface area contributed by atoms with Crippen molar-refractivity contribution in [3.63, 3.8) is 0 Å². The van der Waals surface area contributed by atoms with E-state index in [4.69, 9.17) is 9.47 Å². The van der Waals surface area contributed by atoms with E-state index in [0.717, 1.165) is 12.8 Å². The molecule has 0 aliphatic heterocycles. The van der Waals surface area contributed by atoms with Crippen molar-refractivity contribution in [2.45, 2.75) is 53.0 Å². The molecule has 0 radical (unpaired) electrons. The lowest BCUT2D eigenvalue weighted by Gasteiger charge is -2.35. The highest BCUT2D eigenvalue weighted by atomic mass is 16.5. The zero-order chi connectivity index (χ0) is 19.5. The SMILES string of the molecule is CC(C)C(=O)NCCOCCOCCC(=O)N[C@H]1C[C@@H](C(=O)C(C)C)C1. The van der Waals surface area contributed by atoms with Crippen LogP contribution in [0, 0.1) is 17.8 Å². The number of rotatable bonds is 13. The summed E-state index contributed by atoms with van der Waals surface area (Å²) in [6, 6.07) is 0.125. The number of nitrogens with one attached hydrogen (secondary N) is 2. The van der Waals surface area contributed by atoms with Gasteiger partial charge >= 0.3 is 0 Å². The van der Waals surface area contributed by atoms with Gasteiger partial charge in [0.25, 0.3) is 0 Å². The molecule has 2 N–H and O–H groups in total. The zero-order valence-corrected chi connectivity index (χ0v) is 16.5. The third-order valence-corrected chi connectivity index (χ3v) is 4.39. The Kier molecular flexibility index (Phi) is 10.4. The fourth-order valence-corrected chi connectivity index (χ4v) is 2.68. The monoisotopic (exact) mass is 370 g/mol. The van der Waals surface area contributed by atoms with Crippen molar-refractivity contribution in [1.29, 1.82) is 0 Å². The molecule has 0 unspecified atom stereocenters. The smallest absolute Gasteiger partial charge is 0.222 e. The van der Waals surface area contributed by atoms with Crippen LogP contribution in [-0.4, -0.2) is 56.6 Å². The molecule has 7 heteroatoms. The van der Waals surface area contributed by atoms with Gasteiger partial charge in [0.05, 0.1) is 26.4 Å². The van der Waals surface area contributed by atoms with Gasteiger partial charge in [-0.3, -0.25) is 14.4 Å². The average Bonchev–Trinajstić information content (AvgIpc) is 2.55. The molecule has 1 rings (SSSR count). The third kappa shape index (κ3) is 8.76. The van der Waals surface area contributed by atoms with Crippen LogP contribution in [0.4, 0.5) is 0 Å². The molecule has 7 nitrogen and oxygen atoms in total. The highest BCUT2D eigenvalue weighted by molar-refractivity contribution is 5.84. The molecule has 150 valence electrons. The van der Waals surface area contributed by atoms with Crippen LogP contribution in [-0.2, 0) is 23.9 Å². The standard InChI is InChI=1S/C19H34N2O5/c1-13(2)18(23)15-11-16(12-15)21-17(22)5-7-25-9-10-26-8-6-20-19(24)14(3)4/h13-16H,5-12H2,1-4H3,(H,20,24)(H,21,22)/t15-,16+. The van der Waals surface area contributed by atoms with E-state index in [0.29, 0.717) is 45.2 Å². The Morgan fingerprint density at radius 2 is 1.54 bits per heavy atom. The lowest BCUT2D eigenvalue weighted by molar-refractivity contribution is -0.131. The molecule has 0 atom stereocenters. The first-order valence-electron chi connectivity index (χ1n) is 9.57. The summed E-state index contributed by atoms with van der Waals surface area (Å²) in [6.45, 7) is 9.64. The summed E-state index contributed by atoms with van der Waals surface area (Å²) in [5, 5.41) is 5.70. The number of hydrogen-bond donors (Lipinski definition) is 2. The molecule has 1 aliphatic rings. The Hall–Kier alpha value is -1.47. The van der Waals surface area contributed by atoms with Gasteiger partial charge < -0.3 is 20.1 Å². The molecule has 1 saturated carbocycles. The molecule has 0 bridgehead atoms. The summed E-state index contributed by atoms with van der Waals surface area (Å²) in [5.74, 6) is 0.427. The summed E-state index contributed by atoms with van der Waals surface area (Å²) < 4.78 is 10.7. The second-order valence-corrected chi connectivity index (χ2v) is 7.41. The Morgan fingerprint density at radius 1 is 0.923 bits per heavy atom. The van der Waals surface area contributed by atoms with Gasteiger partial charge in [-0.15, -0.1) is 0 Å². The van der Waals surface area contributed by atoms with E-state index >= 15 is 0 Å². The lowest BCUT2D eigenvalue weighted by Crippen LogP contribution is -2.47. The van der Waals surface area contributed by atoms with Crippen LogP contribution in [0.15, 0.2) is 0 Å². The number of hydrogen-bond acceptors (Lipinski definition) is 5. The van der Waals surface area contributed by atoms with Gasteiger partial charge in [0.15, 0.2) is 0 Å². The quantitative estimate of drug-likeness (QED) is 0.477. The van der Waals surface area contributed by atoms with Gasteiger partial charge in [-0.25, -0.2) is 0 Å². The van der Waals surface area contributed by atoms with Crippen LogP contribution in [0.3, 0.4) is 0 Å². The first-order valence-corrected chi connectivity index (χ1v) is 9.57. The van der Waals surface area contributed by atoms with E-state index in [1.54, 1.807) is 0 Å². The third-order valence-electron chi connectivity index (χ3n) is 4.39. The van der Waals surface area contributed by atoms with Gasteiger partial charge in [0.2, 0.25) is 11.8 Å². The molecule has 0 saturated heterocycles. The summed E-state index contributed by atoms with van der Waals surface area (Å²) in [6.07, 6.45) is 1.82. The predicted octanol–water partition coefficient (Wildman–Crippen LogP) is 1.30. The number of ether oxygens (including phenoxy) is 2.